The van der Waals surface area contributed by atoms with Crippen LogP contribution in [0.3, 0.4) is 0 Å². The van der Waals surface area contributed by atoms with Crippen LogP contribution in [-0.4, -0.2) is 48.1 Å². The van der Waals surface area contributed by atoms with Crippen molar-refractivity contribution in [2.75, 3.05) is 43.9 Å². The van der Waals surface area contributed by atoms with E-state index in [1.807, 2.05) is 20.0 Å². The average molecular weight is 235 g/mol. The zero-order valence-corrected chi connectivity index (χ0v) is 10.7. The van der Waals surface area contributed by atoms with E-state index in [9.17, 15) is 0 Å². The van der Waals surface area contributed by atoms with Crippen molar-refractivity contribution in [3.63, 3.8) is 0 Å². The van der Waals surface area contributed by atoms with Gasteiger partial charge in [-0.25, -0.2) is 9.97 Å². The van der Waals surface area contributed by atoms with Gasteiger partial charge in [-0.2, -0.15) is 0 Å². The Balaban J connectivity index is 1.83. The van der Waals surface area contributed by atoms with Crippen molar-refractivity contribution < 1.29 is 0 Å². The van der Waals surface area contributed by atoms with E-state index in [1.54, 1.807) is 0 Å². The molecule has 1 aromatic rings. The van der Waals surface area contributed by atoms with Crippen molar-refractivity contribution in [2.45, 2.75) is 19.8 Å². The zero-order chi connectivity index (χ0) is 12.1. The molecule has 1 fully saturated rings. The predicted octanol–water partition coefficient (Wildman–Crippen LogP) is 1.33. The molecule has 2 rings (SSSR count). The monoisotopic (exact) mass is 235 g/mol. The van der Waals surface area contributed by atoms with Gasteiger partial charge in [0.15, 0.2) is 0 Å². The van der Waals surface area contributed by atoms with Crippen LogP contribution in [0.1, 0.15) is 18.7 Å². The maximum Gasteiger partial charge on any atom is 0.131 e. The van der Waals surface area contributed by atoms with Crippen molar-refractivity contribution in [3.8, 4) is 0 Å². The van der Waals surface area contributed by atoms with Crippen LogP contribution < -0.4 is 10.6 Å². The second-order valence-corrected chi connectivity index (χ2v) is 4.41. The Hall–Kier alpha value is -1.36. The summed E-state index contributed by atoms with van der Waals surface area (Å²) < 4.78 is 0. The van der Waals surface area contributed by atoms with E-state index in [-0.39, 0.29) is 0 Å². The summed E-state index contributed by atoms with van der Waals surface area (Å²) in [5.41, 5.74) is 0. The van der Waals surface area contributed by atoms with Crippen molar-refractivity contribution >= 4 is 11.6 Å². The molecule has 1 aliphatic rings. The van der Waals surface area contributed by atoms with Gasteiger partial charge in [0, 0.05) is 26.2 Å². The van der Waals surface area contributed by atoms with Gasteiger partial charge in [-0.15, -0.1) is 0 Å². The molecule has 1 aliphatic heterocycles. The van der Waals surface area contributed by atoms with Gasteiger partial charge in [0.25, 0.3) is 0 Å². The van der Waals surface area contributed by atoms with Crippen LogP contribution >= 0.6 is 0 Å². The van der Waals surface area contributed by atoms with E-state index >= 15 is 0 Å². The van der Waals surface area contributed by atoms with E-state index in [4.69, 9.17) is 0 Å². The van der Waals surface area contributed by atoms with Crippen LogP contribution in [0.25, 0.3) is 0 Å². The highest BCUT2D eigenvalue weighted by Crippen LogP contribution is 2.10. The van der Waals surface area contributed by atoms with E-state index in [1.165, 1.54) is 25.9 Å². The number of hydrogen-bond donors (Lipinski definition) is 2. The summed E-state index contributed by atoms with van der Waals surface area (Å²) in [6.45, 7) is 6.43. The molecule has 0 unspecified atom stereocenters. The molecular weight excluding hydrogens is 214 g/mol. The Morgan fingerprint density at radius 2 is 1.94 bits per heavy atom. The van der Waals surface area contributed by atoms with E-state index in [0.29, 0.717) is 0 Å². The van der Waals surface area contributed by atoms with Crippen LogP contribution in [0.5, 0.6) is 0 Å². The predicted molar refractivity (Wildman–Crippen MR) is 70.5 cm³/mol. The molecule has 5 heteroatoms. The van der Waals surface area contributed by atoms with Crippen LogP contribution in [0, 0.1) is 6.92 Å². The third-order valence-corrected chi connectivity index (χ3v) is 3.03. The molecular formula is C12H21N5. The molecule has 2 heterocycles. The molecule has 0 bridgehead atoms. The van der Waals surface area contributed by atoms with Gasteiger partial charge in [-0.05, 0) is 32.9 Å². The first-order chi connectivity index (χ1) is 8.28. The van der Waals surface area contributed by atoms with Gasteiger partial charge >= 0.3 is 0 Å². The topological polar surface area (TPSA) is 53.1 Å². The Labute approximate surface area is 103 Å². The Bertz CT molecular complexity index is 360. The molecule has 0 amide bonds. The van der Waals surface area contributed by atoms with Crippen LogP contribution in [0.2, 0.25) is 0 Å². The summed E-state index contributed by atoms with van der Waals surface area (Å²) in [6, 6.07) is 1.94. The minimum Gasteiger partial charge on any atom is -0.373 e. The van der Waals surface area contributed by atoms with Crippen LogP contribution in [0.15, 0.2) is 6.07 Å². The first-order valence-electron chi connectivity index (χ1n) is 6.27. The van der Waals surface area contributed by atoms with Crippen molar-refractivity contribution in [3.05, 3.63) is 11.9 Å². The van der Waals surface area contributed by atoms with Gasteiger partial charge in [0.2, 0.25) is 0 Å². The Kier molecular flexibility index (Phi) is 4.14. The minimum absolute atomic E-state index is 0.792. The average Bonchev–Trinajstić information content (AvgIpc) is 2.81. The Morgan fingerprint density at radius 1 is 1.24 bits per heavy atom. The fourth-order valence-corrected chi connectivity index (χ4v) is 2.13. The maximum absolute atomic E-state index is 4.37. The number of hydrogen-bond acceptors (Lipinski definition) is 5. The molecule has 17 heavy (non-hydrogen) atoms. The third kappa shape index (κ3) is 3.56. The lowest BCUT2D eigenvalue weighted by atomic mass is 10.4. The molecule has 1 saturated heterocycles. The van der Waals surface area contributed by atoms with Gasteiger partial charge in [-0.3, -0.25) is 0 Å². The molecule has 0 radical (unpaired) electrons. The molecule has 5 nitrogen and oxygen atoms in total. The smallest absolute Gasteiger partial charge is 0.131 e. The van der Waals surface area contributed by atoms with Gasteiger partial charge in [0.1, 0.15) is 17.5 Å². The summed E-state index contributed by atoms with van der Waals surface area (Å²) in [5, 5.41) is 6.39. The molecule has 94 valence electrons. The Morgan fingerprint density at radius 3 is 2.65 bits per heavy atom. The molecule has 0 atom stereocenters. The molecule has 0 aliphatic carbocycles. The fourth-order valence-electron chi connectivity index (χ4n) is 2.13. The van der Waals surface area contributed by atoms with Crippen LogP contribution in [0.4, 0.5) is 11.6 Å². The second kappa shape index (κ2) is 5.82. The first kappa shape index (κ1) is 12.1. The summed E-state index contributed by atoms with van der Waals surface area (Å²) in [5.74, 6) is 2.56. The number of rotatable bonds is 5. The maximum atomic E-state index is 4.37. The summed E-state index contributed by atoms with van der Waals surface area (Å²) >= 11 is 0. The molecule has 0 aromatic carbocycles. The van der Waals surface area contributed by atoms with Gasteiger partial charge in [0.05, 0.1) is 0 Å². The lowest BCUT2D eigenvalue weighted by molar-refractivity contribution is 0.352. The largest absolute Gasteiger partial charge is 0.373 e. The number of aryl methyl sites for hydroxylation is 1. The second-order valence-electron chi connectivity index (χ2n) is 4.41. The van der Waals surface area contributed by atoms with Crippen LogP contribution in [-0.2, 0) is 0 Å². The molecule has 0 saturated carbocycles. The number of nitrogens with zero attached hydrogens (tertiary/aromatic N) is 3. The summed E-state index contributed by atoms with van der Waals surface area (Å²) in [4.78, 5) is 11.1. The lowest BCUT2D eigenvalue weighted by Gasteiger charge is -2.15. The molecule has 0 spiro atoms. The minimum atomic E-state index is 0.792. The van der Waals surface area contributed by atoms with E-state index in [2.05, 4.69) is 25.5 Å². The number of aromatic nitrogens is 2. The van der Waals surface area contributed by atoms with Gasteiger partial charge in [-0.1, -0.05) is 0 Å². The molecule has 2 N–H and O–H groups in total. The normalized spacial score (nSPS) is 16.1. The molecule has 1 aromatic heterocycles. The summed E-state index contributed by atoms with van der Waals surface area (Å²) in [6.07, 6.45) is 2.69. The summed E-state index contributed by atoms with van der Waals surface area (Å²) in [7, 11) is 1.87. The highest BCUT2D eigenvalue weighted by Gasteiger charge is 2.10. The van der Waals surface area contributed by atoms with Crippen molar-refractivity contribution in [1.29, 1.82) is 0 Å². The number of nitrogens with one attached hydrogen (secondary N) is 2. The van der Waals surface area contributed by atoms with Crippen molar-refractivity contribution in [2.24, 2.45) is 0 Å². The standard InChI is InChI=1S/C12H21N5/c1-10-15-11(13-2)9-12(16-10)14-5-8-17-6-3-4-7-17/h9H,3-8H2,1-2H3,(H2,13,14,15,16). The van der Waals surface area contributed by atoms with Gasteiger partial charge < -0.3 is 15.5 Å². The quantitative estimate of drug-likeness (QED) is 0.806. The van der Waals surface area contributed by atoms with Crippen molar-refractivity contribution in [1.82, 2.24) is 14.9 Å². The number of likely N-dealkylation sites (tertiary alicyclic amines) is 1. The fraction of sp³-hybridized carbons (Fsp3) is 0.667. The zero-order valence-electron chi connectivity index (χ0n) is 10.7. The highest BCUT2D eigenvalue weighted by atomic mass is 15.2. The van der Waals surface area contributed by atoms with E-state index < -0.39 is 0 Å². The SMILES string of the molecule is CNc1cc(NCCN2CCCC2)nc(C)n1. The van der Waals surface area contributed by atoms with E-state index in [0.717, 1.165) is 30.5 Å². The first-order valence-corrected chi connectivity index (χ1v) is 6.27. The highest BCUT2D eigenvalue weighted by molar-refractivity contribution is 5.47. The third-order valence-electron chi connectivity index (χ3n) is 3.03. The lowest BCUT2D eigenvalue weighted by Crippen LogP contribution is -2.26. The number of anilines is 2.